The lowest BCUT2D eigenvalue weighted by Crippen LogP contribution is -2.46. The Bertz CT molecular complexity index is 524. The molecule has 0 bridgehead atoms. The van der Waals surface area contributed by atoms with Gasteiger partial charge in [0.15, 0.2) is 0 Å². The molecule has 148 valence electrons. The van der Waals surface area contributed by atoms with Crippen LogP contribution in [0.15, 0.2) is 24.3 Å². The molecule has 1 atom stereocenters. The standard InChI is InChI=1S/C20H31N3O.2ClH/c1-16-9-12-23(13-10-16)15-18-7-5-17(6-8-18)14-22-20(24)19-4-2-3-11-21-19;;/h5-8,16,19,21H,2-4,9-15H2,1H3,(H,22,24);2*1H. The first-order chi connectivity index (χ1) is 11.7. The fourth-order valence-corrected chi connectivity index (χ4v) is 3.63. The largest absolute Gasteiger partial charge is 0.351 e. The molecule has 0 aromatic heterocycles. The van der Waals surface area contributed by atoms with Crippen LogP contribution in [0.4, 0.5) is 0 Å². The van der Waals surface area contributed by atoms with Gasteiger partial charge in [0.1, 0.15) is 0 Å². The van der Waals surface area contributed by atoms with Gasteiger partial charge in [-0.25, -0.2) is 0 Å². The minimum atomic E-state index is -0.000448. The molecule has 2 N–H and O–H groups in total. The molecule has 3 rings (SSSR count). The van der Waals surface area contributed by atoms with E-state index in [9.17, 15) is 4.79 Å². The molecule has 6 heteroatoms. The smallest absolute Gasteiger partial charge is 0.237 e. The molecular formula is C20H33Cl2N3O. The van der Waals surface area contributed by atoms with Crippen LogP contribution in [0.2, 0.25) is 0 Å². The van der Waals surface area contributed by atoms with Crippen LogP contribution in [-0.2, 0) is 17.9 Å². The van der Waals surface area contributed by atoms with Gasteiger partial charge < -0.3 is 10.6 Å². The van der Waals surface area contributed by atoms with Gasteiger partial charge in [0.2, 0.25) is 5.91 Å². The second-order valence-electron chi connectivity index (χ2n) is 7.50. The number of likely N-dealkylation sites (tertiary alicyclic amines) is 1. The van der Waals surface area contributed by atoms with Crippen molar-refractivity contribution in [2.75, 3.05) is 19.6 Å². The van der Waals surface area contributed by atoms with Gasteiger partial charge >= 0.3 is 0 Å². The average Bonchev–Trinajstić information content (AvgIpc) is 2.63. The minimum absolute atomic E-state index is 0. The van der Waals surface area contributed by atoms with Gasteiger partial charge in [-0.2, -0.15) is 0 Å². The Balaban J connectivity index is 0.00000169. The predicted octanol–water partition coefficient (Wildman–Crippen LogP) is 3.52. The second-order valence-corrected chi connectivity index (χ2v) is 7.50. The number of carbonyl (C=O) groups excluding carboxylic acids is 1. The van der Waals surface area contributed by atoms with E-state index in [-0.39, 0.29) is 36.8 Å². The third-order valence-electron chi connectivity index (χ3n) is 5.40. The van der Waals surface area contributed by atoms with Crippen molar-refractivity contribution in [3.05, 3.63) is 35.4 Å². The minimum Gasteiger partial charge on any atom is -0.351 e. The third-order valence-corrected chi connectivity index (χ3v) is 5.40. The van der Waals surface area contributed by atoms with E-state index >= 15 is 0 Å². The zero-order valence-corrected chi connectivity index (χ0v) is 17.3. The maximum atomic E-state index is 12.1. The zero-order chi connectivity index (χ0) is 16.8. The summed E-state index contributed by atoms with van der Waals surface area (Å²) in [4.78, 5) is 14.7. The van der Waals surface area contributed by atoms with Crippen molar-refractivity contribution >= 4 is 30.7 Å². The van der Waals surface area contributed by atoms with Crippen LogP contribution in [0.5, 0.6) is 0 Å². The molecule has 1 unspecified atom stereocenters. The molecule has 0 spiro atoms. The van der Waals surface area contributed by atoms with Gasteiger partial charge in [0.25, 0.3) is 0 Å². The average molecular weight is 402 g/mol. The van der Waals surface area contributed by atoms with Crippen molar-refractivity contribution < 1.29 is 4.79 Å². The summed E-state index contributed by atoms with van der Waals surface area (Å²) in [5, 5.41) is 6.36. The second kappa shape index (κ2) is 11.8. The molecule has 0 radical (unpaired) electrons. The first-order valence-electron chi connectivity index (χ1n) is 9.52. The number of piperidine rings is 2. The van der Waals surface area contributed by atoms with Gasteiger partial charge in [-0.3, -0.25) is 9.69 Å². The lowest BCUT2D eigenvalue weighted by Gasteiger charge is -2.30. The Hall–Kier alpha value is -0.810. The molecule has 0 aliphatic carbocycles. The van der Waals surface area contributed by atoms with Crippen molar-refractivity contribution in [1.82, 2.24) is 15.5 Å². The fraction of sp³-hybridized carbons (Fsp3) is 0.650. The Morgan fingerprint density at radius 3 is 2.35 bits per heavy atom. The number of nitrogens with zero attached hydrogens (tertiary/aromatic N) is 1. The van der Waals surface area contributed by atoms with Crippen molar-refractivity contribution in [3.8, 4) is 0 Å². The monoisotopic (exact) mass is 401 g/mol. The number of benzene rings is 1. The molecule has 1 aromatic rings. The number of carbonyl (C=O) groups is 1. The van der Waals surface area contributed by atoms with Gasteiger partial charge in [-0.05, 0) is 62.4 Å². The van der Waals surface area contributed by atoms with Gasteiger partial charge in [0, 0.05) is 13.1 Å². The van der Waals surface area contributed by atoms with Crippen molar-refractivity contribution in [2.45, 2.75) is 58.2 Å². The predicted molar refractivity (Wildman–Crippen MR) is 112 cm³/mol. The number of amides is 1. The van der Waals surface area contributed by atoms with E-state index in [4.69, 9.17) is 0 Å². The highest BCUT2D eigenvalue weighted by Crippen LogP contribution is 2.18. The number of rotatable bonds is 5. The summed E-state index contributed by atoms with van der Waals surface area (Å²) in [6.45, 7) is 7.41. The topological polar surface area (TPSA) is 44.4 Å². The van der Waals surface area contributed by atoms with Crippen molar-refractivity contribution in [2.24, 2.45) is 5.92 Å². The van der Waals surface area contributed by atoms with Crippen LogP contribution >= 0.6 is 24.8 Å². The van der Waals surface area contributed by atoms with Gasteiger partial charge in [-0.15, -0.1) is 24.8 Å². The Kier molecular flexibility index (Phi) is 10.6. The maximum absolute atomic E-state index is 12.1. The first-order valence-corrected chi connectivity index (χ1v) is 9.52. The van der Waals surface area contributed by atoms with Crippen molar-refractivity contribution in [3.63, 3.8) is 0 Å². The first kappa shape index (κ1) is 23.2. The fourth-order valence-electron chi connectivity index (χ4n) is 3.63. The van der Waals surface area contributed by atoms with Crippen LogP contribution in [0, 0.1) is 5.92 Å². The molecule has 0 saturated carbocycles. The van der Waals surface area contributed by atoms with Crippen LogP contribution in [0.25, 0.3) is 0 Å². The van der Waals surface area contributed by atoms with Crippen LogP contribution in [0.1, 0.15) is 50.2 Å². The van der Waals surface area contributed by atoms with Gasteiger partial charge in [0.05, 0.1) is 6.04 Å². The number of nitrogens with one attached hydrogen (secondary N) is 2. The molecule has 1 aromatic carbocycles. The summed E-state index contributed by atoms with van der Waals surface area (Å²) in [6, 6.07) is 8.71. The van der Waals surface area contributed by atoms with E-state index in [0.717, 1.165) is 31.8 Å². The number of halogens is 2. The highest BCUT2D eigenvalue weighted by atomic mass is 35.5. The summed E-state index contributed by atoms with van der Waals surface area (Å²) in [6.07, 6.45) is 5.92. The Morgan fingerprint density at radius 1 is 1.08 bits per heavy atom. The Morgan fingerprint density at radius 2 is 1.73 bits per heavy atom. The van der Waals surface area contributed by atoms with E-state index < -0.39 is 0 Å². The molecule has 2 fully saturated rings. The van der Waals surface area contributed by atoms with E-state index in [0.29, 0.717) is 6.54 Å². The van der Waals surface area contributed by atoms with Crippen molar-refractivity contribution in [1.29, 1.82) is 0 Å². The molecule has 4 nitrogen and oxygen atoms in total. The highest BCUT2D eigenvalue weighted by molar-refractivity contribution is 5.85. The number of hydrogen-bond acceptors (Lipinski definition) is 3. The summed E-state index contributed by atoms with van der Waals surface area (Å²) in [5.41, 5.74) is 2.55. The zero-order valence-electron chi connectivity index (χ0n) is 15.7. The number of hydrogen-bond donors (Lipinski definition) is 2. The van der Waals surface area contributed by atoms with Crippen LogP contribution in [0.3, 0.4) is 0 Å². The van der Waals surface area contributed by atoms with E-state index in [1.54, 1.807) is 0 Å². The molecule has 2 aliphatic rings. The summed E-state index contributed by atoms with van der Waals surface area (Å²) < 4.78 is 0. The molecule has 2 saturated heterocycles. The SMILES string of the molecule is CC1CCN(Cc2ccc(CNC(=O)C3CCCCN3)cc2)CC1.Cl.Cl. The van der Waals surface area contributed by atoms with E-state index in [1.165, 1.54) is 43.5 Å². The lowest BCUT2D eigenvalue weighted by molar-refractivity contribution is -0.123. The van der Waals surface area contributed by atoms with Crippen LogP contribution < -0.4 is 10.6 Å². The van der Waals surface area contributed by atoms with Gasteiger partial charge in [-0.1, -0.05) is 37.6 Å². The highest BCUT2D eigenvalue weighted by Gasteiger charge is 2.20. The molecule has 2 aliphatic heterocycles. The van der Waals surface area contributed by atoms with E-state index in [1.807, 2.05) is 0 Å². The molecule has 2 heterocycles. The molecular weight excluding hydrogens is 369 g/mol. The quantitative estimate of drug-likeness (QED) is 0.792. The molecule has 26 heavy (non-hydrogen) atoms. The van der Waals surface area contributed by atoms with Crippen LogP contribution in [-0.4, -0.2) is 36.5 Å². The molecule has 1 amide bonds. The maximum Gasteiger partial charge on any atom is 0.237 e. The summed E-state index contributed by atoms with van der Waals surface area (Å²) in [7, 11) is 0. The normalized spacial score (nSPS) is 21.3. The third kappa shape index (κ3) is 7.07. The lowest BCUT2D eigenvalue weighted by atomic mass is 9.99. The summed E-state index contributed by atoms with van der Waals surface area (Å²) >= 11 is 0. The summed E-state index contributed by atoms with van der Waals surface area (Å²) in [5.74, 6) is 1.02. The van der Waals surface area contributed by atoms with E-state index in [2.05, 4.69) is 46.7 Å². The Labute approximate surface area is 170 Å².